The Morgan fingerprint density at radius 1 is 1.47 bits per heavy atom. The van der Waals surface area contributed by atoms with Crippen LogP contribution in [0.25, 0.3) is 0 Å². The van der Waals surface area contributed by atoms with Crippen molar-refractivity contribution in [2.75, 3.05) is 7.05 Å². The predicted molar refractivity (Wildman–Crippen MR) is 58.3 cm³/mol. The summed E-state index contributed by atoms with van der Waals surface area (Å²) in [5, 5.41) is -0.0608. The minimum atomic E-state index is -3.52. The second-order valence-corrected chi connectivity index (χ2v) is 5.67. The van der Waals surface area contributed by atoms with Crippen LogP contribution in [0.15, 0.2) is 21.6 Å². The van der Waals surface area contributed by atoms with Crippen LogP contribution in [0.3, 0.4) is 0 Å². The highest BCUT2D eigenvalue weighted by Gasteiger charge is 2.26. The summed E-state index contributed by atoms with van der Waals surface area (Å²) < 4.78 is 30.1. The molecule has 86 valence electrons. The van der Waals surface area contributed by atoms with Gasteiger partial charge in [0.15, 0.2) is 0 Å². The molecule has 0 saturated heterocycles. The number of furan rings is 1. The van der Waals surface area contributed by atoms with E-state index >= 15 is 0 Å². The first-order valence-electron chi connectivity index (χ1n) is 4.52. The number of nitrogens with zero attached hydrogens (tertiary/aromatic N) is 1. The van der Waals surface area contributed by atoms with E-state index in [4.69, 9.17) is 16.0 Å². The van der Waals surface area contributed by atoms with Gasteiger partial charge in [0.1, 0.15) is 5.76 Å². The van der Waals surface area contributed by atoms with E-state index in [9.17, 15) is 8.42 Å². The van der Waals surface area contributed by atoms with Gasteiger partial charge in [-0.2, -0.15) is 4.31 Å². The van der Waals surface area contributed by atoms with E-state index in [1.54, 1.807) is 19.9 Å². The number of alkyl halides is 1. The Labute approximate surface area is 94.9 Å². The lowest BCUT2D eigenvalue weighted by Gasteiger charge is -2.18. The molecule has 0 aliphatic heterocycles. The third kappa shape index (κ3) is 2.53. The molecule has 0 saturated carbocycles. The molecule has 0 aliphatic rings. The summed E-state index contributed by atoms with van der Waals surface area (Å²) in [6.45, 7) is 3.59. The topological polar surface area (TPSA) is 50.5 Å². The molecule has 1 heterocycles. The van der Waals surface area contributed by atoms with Crippen LogP contribution < -0.4 is 0 Å². The quantitative estimate of drug-likeness (QED) is 0.770. The molecule has 15 heavy (non-hydrogen) atoms. The highest BCUT2D eigenvalue weighted by molar-refractivity contribution is 7.89. The van der Waals surface area contributed by atoms with Crippen molar-refractivity contribution in [3.8, 4) is 0 Å². The van der Waals surface area contributed by atoms with Gasteiger partial charge in [-0.05, 0) is 26.0 Å². The van der Waals surface area contributed by atoms with Crippen LogP contribution in [-0.2, 0) is 15.9 Å². The SMILES string of the molecule is CC(C)N(C)S(=O)(=O)c1ccc(CCl)o1. The smallest absolute Gasteiger partial charge is 0.276 e. The van der Waals surface area contributed by atoms with Gasteiger partial charge in [0.25, 0.3) is 10.0 Å². The number of hydrogen-bond donors (Lipinski definition) is 0. The monoisotopic (exact) mass is 251 g/mol. The molecule has 1 aromatic rings. The molecule has 0 aliphatic carbocycles. The Kier molecular flexibility index (Phi) is 3.81. The van der Waals surface area contributed by atoms with Gasteiger partial charge in [0.2, 0.25) is 5.09 Å². The molecule has 0 amide bonds. The highest BCUT2D eigenvalue weighted by Crippen LogP contribution is 2.20. The van der Waals surface area contributed by atoms with E-state index in [1.165, 1.54) is 17.4 Å². The average Bonchev–Trinajstić information content (AvgIpc) is 2.65. The third-order valence-electron chi connectivity index (χ3n) is 2.13. The average molecular weight is 252 g/mol. The van der Waals surface area contributed by atoms with Crippen molar-refractivity contribution in [3.63, 3.8) is 0 Å². The molecular weight excluding hydrogens is 238 g/mol. The summed E-state index contributed by atoms with van der Waals surface area (Å²) in [5.74, 6) is 0.619. The molecule has 1 aromatic heterocycles. The summed E-state index contributed by atoms with van der Waals surface area (Å²) in [6.07, 6.45) is 0. The van der Waals surface area contributed by atoms with E-state index < -0.39 is 10.0 Å². The Balaban J connectivity index is 3.06. The molecule has 1 rings (SSSR count). The van der Waals surface area contributed by atoms with E-state index in [-0.39, 0.29) is 17.0 Å². The van der Waals surface area contributed by atoms with Crippen LogP contribution in [0, 0.1) is 0 Å². The van der Waals surface area contributed by atoms with Crippen LogP contribution in [0.5, 0.6) is 0 Å². The lowest BCUT2D eigenvalue weighted by molar-refractivity contribution is 0.370. The van der Waals surface area contributed by atoms with Gasteiger partial charge in [-0.25, -0.2) is 8.42 Å². The zero-order valence-corrected chi connectivity index (χ0v) is 10.5. The Morgan fingerprint density at radius 3 is 2.47 bits per heavy atom. The molecule has 6 heteroatoms. The second kappa shape index (κ2) is 4.55. The van der Waals surface area contributed by atoms with Crippen molar-refractivity contribution in [2.24, 2.45) is 0 Å². The largest absolute Gasteiger partial charge is 0.447 e. The fourth-order valence-corrected chi connectivity index (χ4v) is 2.42. The normalized spacial score (nSPS) is 12.7. The minimum absolute atomic E-state index is 0.0608. The summed E-state index contributed by atoms with van der Waals surface area (Å²) in [7, 11) is -2.00. The molecular formula is C9H14ClNO3S. The zero-order chi connectivity index (χ0) is 11.6. The highest BCUT2D eigenvalue weighted by atomic mass is 35.5. The Bertz CT molecular complexity index is 424. The van der Waals surface area contributed by atoms with Gasteiger partial charge in [0, 0.05) is 13.1 Å². The van der Waals surface area contributed by atoms with E-state index in [0.717, 1.165) is 0 Å². The fourth-order valence-electron chi connectivity index (χ4n) is 0.988. The second-order valence-electron chi connectivity index (χ2n) is 3.47. The minimum Gasteiger partial charge on any atom is -0.447 e. The lowest BCUT2D eigenvalue weighted by atomic mass is 10.4. The third-order valence-corrected chi connectivity index (χ3v) is 4.30. The molecule has 0 bridgehead atoms. The molecule has 0 atom stereocenters. The van der Waals surface area contributed by atoms with Gasteiger partial charge in [-0.15, -0.1) is 11.6 Å². The van der Waals surface area contributed by atoms with Crippen molar-refractivity contribution in [1.29, 1.82) is 0 Å². The van der Waals surface area contributed by atoms with Gasteiger partial charge < -0.3 is 4.42 Å². The molecule has 0 unspecified atom stereocenters. The number of rotatable bonds is 4. The standard InChI is InChI=1S/C9H14ClNO3S/c1-7(2)11(3)15(12,13)9-5-4-8(6-10)14-9/h4-5,7H,6H2,1-3H3. The fraction of sp³-hybridized carbons (Fsp3) is 0.556. The first kappa shape index (κ1) is 12.5. The zero-order valence-electron chi connectivity index (χ0n) is 8.90. The number of halogens is 1. The van der Waals surface area contributed by atoms with Crippen molar-refractivity contribution in [1.82, 2.24) is 4.31 Å². The van der Waals surface area contributed by atoms with Gasteiger partial charge >= 0.3 is 0 Å². The number of hydrogen-bond acceptors (Lipinski definition) is 3. The molecule has 0 N–H and O–H groups in total. The van der Waals surface area contributed by atoms with Crippen molar-refractivity contribution < 1.29 is 12.8 Å². The molecule has 4 nitrogen and oxygen atoms in total. The molecule has 0 aromatic carbocycles. The summed E-state index contributed by atoms with van der Waals surface area (Å²) in [5.41, 5.74) is 0. The maximum atomic E-state index is 11.9. The maximum absolute atomic E-state index is 11.9. The van der Waals surface area contributed by atoms with Crippen molar-refractivity contribution in [3.05, 3.63) is 17.9 Å². The van der Waals surface area contributed by atoms with Crippen LogP contribution in [0.4, 0.5) is 0 Å². The Morgan fingerprint density at radius 2 is 2.07 bits per heavy atom. The summed E-state index contributed by atoms with van der Waals surface area (Å²) in [6, 6.07) is 2.87. The van der Waals surface area contributed by atoms with E-state index in [1.807, 2.05) is 0 Å². The summed E-state index contributed by atoms with van der Waals surface area (Å²) >= 11 is 5.53. The van der Waals surface area contributed by atoms with Gasteiger partial charge in [0.05, 0.1) is 5.88 Å². The van der Waals surface area contributed by atoms with Crippen LogP contribution in [0.2, 0.25) is 0 Å². The van der Waals surface area contributed by atoms with Crippen molar-refractivity contribution >= 4 is 21.6 Å². The molecule has 0 fully saturated rings. The van der Waals surface area contributed by atoms with Crippen molar-refractivity contribution in [2.45, 2.75) is 30.9 Å². The van der Waals surface area contributed by atoms with E-state index in [0.29, 0.717) is 5.76 Å². The lowest BCUT2D eigenvalue weighted by Crippen LogP contribution is -2.32. The van der Waals surface area contributed by atoms with E-state index in [2.05, 4.69) is 0 Å². The van der Waals surface area contributed by atoms with Crippen LogP contribution in [-0.4, -0.2) is 25.8 Å². The van der Waals surface area contributed by atoms with Crippen LogP contribution in [0.1, 0.15) is 19.6 Å². The molecule has 0 spiro atoms. The predicted octanol–water partition coefficient (Wildman–Crippen LogP) is 2.05. The Hall–Kier alpha value is -0.520. The van der Waals surface area contributed by atoms with Crippen LogP contribution >= 0.6 is 11.6 Å². The van der Waals surface area contributed by atoms with Gasteiger partial charge in [-0.3, -0.25) is 0 Å². The maximum Gasteiger partial charge on any atom is 0.276 e. The van der Waals surface area contributed by atoms with Gasteiger partial charge in [-0.1, -0.05) is 0 Å². The first-order valence-corrected chi connectivity index (χ1v) is 6.49. The number of sulfonamides is 1. The molecule has 0 radical (unpaired) electrons. The summed E-state index contributed by atoms with van der Waals surface area (Å²) in [4.78, 5) is 0. The first-order chi connectivity index (χ1) is 6.89.